The first-order chi connectivity index (χ1) is 11.2. The zero-order valence-electron chi connectivity index (χ0n) is 13.1. The maximum absolute atomic E-state index is 11.8. The number of hydrogen-bond acceptors (Lipinski definition) is 6. The summed E-state index contributed by atoms with van der Waals surface area (Å²) >= 11 is 0. The highest BCUT2D eigenvalue weighted by Crippen LogP contribution is 2.33. The quantitative estimate of drug-likeness (QED) is 0.761. The second-order valence-electron chi connectivity index (χ2n) is 5.50. The minimum Gasteiger partial charge on any atom is -0.475 e. The average molecular weight is 320 g/mol. The third-order valence-corrected chi connectivity index (χ3v) is 4.03. The third kappa shape index (κ3) is 3.33. The Balaban J connectivity index is 1.64. The minimum absolute atomic E-state index is 0.250. The van der Waals surface area contributed by atoms with Crippen LogP contribution in [-0.4, -0.2) is 63.0 Å². The van der Waals surface area contributed by atoms with Gasteiger partial charge in [0, 0.05) is 13.1 Å². The molecule has 7 nitrogen and oxygen atoms in total. The lowest BCUT2D eigenvalue weighted by atomic mass is 10.1. The highest BCUT2D eigenvalue weighted by atomic mass is 16.6. The molecule has 1 saturated heterocycles. The molecule has 1 atom stereocenters. The van der Waals surface area contributed by atoms with E-state index in [1.54, 1.807) is 4.90 Å². The topological polar surface area (TPSA) is 68.3 Å². The number of carbonyl (C=O) groups is 2. The zero-order valence-corrected chi connectivity index (χ0v) is 13.1. The van der Waals surface area contributed by atoms with E-state index in [4.69, 9.17) is 14.2 Å². The molecule has 0 N–H and O–H groups in total. The van der Waals surface area contributed by atoms with Gasteiger partial charge in [0.25, 0.3) is 0 Å². The fourth-order valence-corrected chi connectivity index (χ4v) is 2.85. The number of nitrogens with zero attached hydrogens (tertiary/aromatic N) is 2. The summed E-state index contributed by atoms with van der Waals surface area (Å²) < 4.78 is 15.4. The van der Waals surface area contributed by atoms with Crippen molar-refractivity contribution in [1.29, 1.82) is 0 Å². The van der Waals surface area contributed by atoms with Gasteiger partial charge in [0.1, 0.15) is 12.4 Å². The molecule has 1 unspecified atom stereocenters. The first-order valence-electron chi connectivity index (χ1n) is 7.69. The van der Waals surface area contributed by atoms with E-state index in [0.29, 0.717) is 32.0 Å². The number of methoxy groups -OCH3 is 1. The van der Waals surface area contributed by atoms with Crippen molar-refractivity contribution in [2.45, 2.75) is 12.5 Å². The van der Waals surface area contributed by atoms with Gasteiger partial charge in [-0.1, -0.05) is 12.1 Å². The lowest BCUT2D eigenvalue weighted by Crippen LogP contribution is -2.45. The van der Waals surface area contributed by atoms with E-state index in [0.717, 1.165) is 18.7 Å². The Morgan fingerprint density at radius 1 is 1.30 bits per heavy atom. The van der Waals surface area contributed by atoms with Crippen molar-refractivity contribution in [3.05, 3.63) is 24.3 Å². The summed E-state index contributed by atoms with van der Waals surface area (Å²) in [4.78, 5) is 27.0. The molecule has 1 amide bonds. The molecule has 2 aliphatic rings. The van der Waals surface area contributed by atoms with Gasteiger partial charge >= 0.3 is 12.1 Å². The maximum atomic E-state index is 11.8. The molecule has 0 aliphatic carbocycles. The van der Waals surface area contributed by atoms with Gasteiger partial charge < -0.3 is 24.0 Å². The van der Waals surface area contributed by atoms with Crippen LogP contribution in [0.4, 0.5) is 10.5 Å². The number of esters is 1. The Bertz CT molecular complexity index is 592. The van der Waals surface area contributed by atoms with Gasteiger partial charge in [0.15, 0.2) is 0 Å². The first-order valence-corrected chi connectivity index (χ1v) is 7.69. The van der Waals surface area contributed by atoms with Crippen molar-refractivity contribution >= 4 is 17.7 Å². The normalized spacial score (nSPS) is 19.9. The van der Waals surface area contributed by atoms with Gasteiger partial charge in [0.05, 0.1) is 25.9 Å². The van der Waals surface area contributed by atoms with Crippen LogP contribution in [0, 0.1) is 0 Å². The Hall–Kier alpha value is -2.44. The molecule has 1 aromatic carbocycles. The van der Waals surface area contributed by atoms with E-state index >= 15 is 0 Å². The molecule has 0 spiro atoms. The fraction of sp³-hybridized carbons (Fsp3) is 0.500. The number of ether oxygens (including phenoxy) is 3. The van der Waals surface area contributed by atoms with Crippen LogP contribution in [0.15, 0.2) is 24.3 Å². The molecule has 0 bridgehead atoms. The van der Waals surface area contributed by atoms with Crippen molar-refractivity contribution in [3.8, 4) is 5.75 Å². The molecule has 2 heterocycles. The summed E-state index contributed by atoms with van der Waals surface area (Å²) in [5.74, 6) is 0.294. The fourth-order valence-electron chi connectivity index (χ4n) is 2.85. The largest absolute Gasteiger partial charge is 0.475 e. The summed E-state index contributed by atoms with van der Waals surface area (Å²) in [6, 6.07) is 7.62. The van der Waals surface area contributed by atoms with Gasteiger partial charge in [-0.05, 0) is 18.6 Å². The number of para-hydroxylation sites is 2. The lowest BCUT2D eigenvalue weighted by molar-refractivity contribution is -0.148. The third-order valence-electron chi connectivity index (χ3n) is 4.03. The van der Waals surface area contributed by atoms with Gasteiger partial charge in [-0.25, -0.2) is 9.59 Å². The number of cyclic esters (lactones) is 1. The number of anilines is 1. The predicted molar refractivity (Wildman–Crippen MR) is 82.6 cm³/mol. The Morgan fingerprint density at radius 3 is 2.83 bits per heavy atom. The number of amides is 1. The van der Waals surface area contributed by atoms with E-state index in [9.17, 15) is 9.59 Å². The SMILES string of the molecule is COC(=O)C1CN(CCCN2CCOC2=O)c2ccccc2O1. The second-order valence-corrected chi connectivity index (χ2v) is 5.50. The van der Waals surface area contributed by atoms with Crippen LogP contribution in [0.1, 0.15) is 6.42 Å². The smallest absolute Gasteiger partial charge is 0.409 e. The summed E-state index contributed by atoms with van der Waals surface area (Å²) in [5, 5.41) is 0. The van der Waals surface area contributed by atoms with E-state index in [-0.39, 0.29) is 12.1 Å². The number of hydrogen-bond donors (Lipinski definition) is 0. The van der Waals surface area contributed by atoms with Crippen molar-refractivity contribution in [2.75, 3.05) is 44.8 Å². The molecule has 0 saturated carbocycles. The molecule has 2 aliphatic heterocycles. The van der Waals surface area contributed by atoms with E-state index in [2.05, 4.69) is 4.90 Å². The van der Waals surface area contributed by atoms with E-state index in [1.807, 2.05) is 24.3 Å². The monoisotopic (exact) mass is 320 g/mol. The van der Waals surface area contributed by atoms with E-state index in [1.165, 1.54) is 7.11 Å². The Labute approximate surface area is 134 Å². The van der Waals surface area contributed by atoms with Gasteiger partial charge in [-0.15, -0.1) is 0 Å². The Kier molecular flexibility index (Phi) is 4.55. The van der Waals surface area contributed by atoms with Crippen molar-refractivity contribution < 1.29 is 23.8 Å². The van der Waals surface area contributed by atoms with Crippen LogP contribution >= 0.6 is 0 Å². The zero-order chi connectivity index (χ0) is 16.2. The number of fused-ring (bicyclic) bond motifs is 1. The molecular weight excluding hydrogens is 300 g/mol. The summed E-state index contributed by atoms with van der Waals surface area (Å²) in [7, 11) is 1.36. The molecule has 1 aromatic rings. The summed E-state index contributed by atoms with van der Waals surface area (Å²) in [5.41, 5.74) is 0.955. The average Bonchev–Trinajstić information content (AvgIpc) is 2.99. The van der Waals surface area contributed by atoms with Gasteiger partial charge in [-0.3, -0.25) is 0 Å². The number of benzene rings is 1. The molecule has 1 fully saturated rings. The molecule has 7 heteroatoms. The van der Waals surface area contributed by atoms with Gasteiger partial charge in [0.2, 0.25) is 6.10 Å². The number of rotatable bonds is 5. The maximum Gasteiger partial charge on any atom is 0.409 e. The standard InChI is InChI=1S/C16H20N2O5/c1-21-15(19)14-11-18(12-5-2-3-6-13(12)23-14)8-4-7-17-9-10-22-16(17)20/h2-3,5-6,14H,4,7-11H2,1H3. The summed E-state index contributed by atoms with van der Waals surface area (Å²) in [6.45, 7) is 2.90. The van der Waals surface area contributed by atoms with Crippen molar-refractivity contribution in [2.24, 2.45) is 0 Å². The molecule has 23 heavy (non-hydrogen) atoms. The van der Waals surface area contributed by atoms with Crippen LogP contribution in [0.3, 0.4) is 0 Å². The molecular formula is C16H20N2O5. The molecule has 124 valence electrons. The van der Waals surface area contributed by atoms with Crippen LogP contribution in [0.2, 0.25) is 0 Å². The second kappa shape index (κ2) is 6.76. The Morgan fingerprint density at radius 2 is 2.09 bits per heavy atom. The molecule has 0 aromatic heterocycles. The van der Waals surface area contributed by atoms with Crippen LogP contribution in [-0.2, 0) is 14.3 Å². The van der Waals surface area contributed by atoms with Crippen LogP contribution < -0.4 is 9.64 Å². The van der Waals surface area contributed by atoms with Crippen LogP contribution in [0.25, 0.3) is 0 Å². The number of carbonyl (C=O) groups excluding carboxylic acids is 2. The summed E-state index contributed by atoms with van der Waals surface area (Å²) in [6.07, 6.45) is -0.0939. The van der Waals surface area contributed by atoms with E-state index < -0.39 is 6.10 Å². The highest BCUT2D eigenvalue weighted by Gasteiger charge is 2.31. The van der Waals surface area contributed by atoms with Crippen molar-refractivity contribution in [3.63, 3.8) is 0 Å². The molecule has 3 rings (SSSR count). The van der Waals surface area contributed by atoms with Crippen molar-refractivity contribution in [1.82, 2.24) is 4.90 Å². The minimum atomic E-state index is -0.633. The molecule has 0 radical (unpaired) electrons. The highest BCUT2D eigenvalue weighted by molar-refractivity contribution is 5.78. The predicted octanol–water partition coefficient (Wildman–Crippen LogP) is 1.27. The lowest BCUT2D eigenvalue weighted by Gasteiger charge is -2.35. The first kappa shape index (κ1) is 15.5. The van der Waals surface area contributed by atoms with Crippen LogP contribution in [0.5, 0.6) is 5.75 Å². The van der Waals surface area contributed by atoms with Gasteiger partial charge in [-0.2, -0.15) is 0 Å².